The van der Waals surface area contributed by atoms with Gasteiger partial charge in [-0.25, -0.2) is 4.79 Å². The van der Waals surface area contributed by atoms with E-state index in [1.54, 1.807) is 0 Å². The summed E-state index contributed by atoms with van der Waals surface area (Å²) >= 11 is 0. The topological polar surface area (TPSA) is 53.6 Å². The zero-order valence-electron chi connectivity index (χ0n) is 12.0. The lowest BCUT2D eigenvalue weighted by Gasteiger charge is -2.30. The van der Waals surface area contributed by atoms with E-state index in [1.165, 1.54) is 0 Å². The van der Waals surface area contributed by atoms with Crippen LogP contribution in [0.3, 0.4) is 0 Å². The number of ether oxygens (including phenoxy) is 1. The van der Waals surface area contributed by atoms with Crippen molar-refractivity contribution in [2.75, 3.05) is 39.3 Å². The summed E-state index contributed by atoms with van der Waals surface area (Å²) in [6.07, 6.45) is 4.78. The Morgan fingerprint density at radius 3 is 2.63 bits per heavy atom. The minimum absolute atomic E-state index is 0.0702. The maximum atomic E-state index is 11.9. The van der Waals surface area contributed by atoms with Gasteiger partial charge >= 0.3 is 6.03 Å². The van der Waals surface area contributed by atoms with Crippen LogP contribution in [0.15, 0.2) is 0 Å². The molecule has 0 aliphatic carbocycles. The van der Waals surface area contributed by atoms with Crippen molar-refractivity contribution in [1.82, 2.24) is 15.5 Å². The van der Waals surface area contributed by atoms with E-state index in [1.807, 2.05) is 4.90 Å². The summed E-state index contributed by atoms with van der Waals surface area (Å²) in [4.78, 5) is 13.8. The number of hydrogen-bond acceptors (Lipinski definition) is 3. The average molecular weight is 269 g/mol. The predicted molar refractivity (Wildman–Crippen MR) is 75.2 cm³/mol. The molecular formula is C14H27N3O2. The van der Waals surface area contributed by atoms with Crippen LogP contribution in [0.4, 0.5) is 4.79 Å². The summed E-state index contributed by atoms with van der Waals surface area (Å²) in [5.74, 6) is 0.757. The van der Waals surface area contributed by atoms with Crippen LogP contribution in [0.5, 0.6) is 0 Å². The van der Waals surface area contributed by atoms with Gasteiger partial charge in [0.15, 0.2) is 0 Å². The fourth-order valence-corrected chi connectivity index (χ4v) is 2.67. The number of hydrogen-bond donors (Lipinski definition) is 2. The van der Waals surface area contributed by atoms with E-state index in [9.17, 15) is 4.79 Å². The van der Waals surface area contributed by atoms with E-state index in [2.05, 4.69) is 17.6 Å². The molecule has 5 heteroatoms. The molecule has 2 N–H and O–H groups in total. The van der Waals surface area contributed by atoms with Gasteiger partial charge in [0.05, 0.1) is 12.7 Å². The van der Waals surface area contributed by atoms with E-state index in [-0.39, 0.29) is 6.03 Å². The molecule has 0 unspecified atom stereocenters. The SMILES string of the molecule is CC1CCN(C(=O)NCCOC2CCNCC2)CC1. The molecule has 0 aromatic rings. The number of rotatable bonds is 4. The Bertz CT molecular complexity index is 272. The van der Waals surface area contributed by atoms with Crippen molar-refractivity contribution >= 4 is 6.03 Å². The molecule has 5 nitrogen and oxygen atoms in total. The molecule has 110 valence electrons. The van der Waals surface area contributed by atoms with E-state index in [0.717, 1.165) is 57.8 Å². The van der Waals surface area contributed by atoms with Gasteiger partial charge in [0.2, 0.25) is 0 Å². The highest BCUT2D eigenvalue weighted by molar-refractivity contribution is 5.74. The number of likely N-dealkylation sites (tertiary alicyclic amines) is 1. The van der Waals surface area contributed by atoms with Crippen molar-refractivity contribution in [3.63, 3.8) is 0 Å². The zero-order chi connectivity index (χ0) is 13.5. The van der Waals surface area contributed by atoms with Crippen molar-refractivity contribution in [3.8, 4) is 0 Å². The van der Waals surface area contributed by atoms with Crippen LogP contribution < -0.4 is 10.6 Å². The molecule has 19 heavy (non-hydrogen) atoms. The van der Waals surface area contributed by atoms with E-state index in [4.69, 9.17) is 4.74 Å². The number of piperidine rings is 2. The fourth-order valence-electron chi connectivity index (χ4n) is 2.67. The quantitative estimate of drug-likeness (QED) is 0.754. The molecule has 0 saturated carbocycles. The van der Waals surface area contributed by atoms with Crippen LogP contribution in [0, 0.1) is 5.92 Å². The second-order valence-electron chi connectivity index (χ2n) is 5.72. The number of nitrogens with one attached hydrogen (secondary N) is 2. The number of carbonyl (C=O) groups is 1. The Kier molecular flexibility index (Phi) is 5.92. The molecule has 0 atom stereocenters. The Morgan fingerprint density at radius 2 is 1.95 bits per heavy atom. The van der Waals surface area contributed by atoms with E-state index >= 15 is 0 Å². The highest BCUT2D eigenvalue weighted by atomic mass is 16.5. The Morgan fingerprint density at radius 1 is 1.26 bits per heavy atom. The molecule has 2 amide bonds. The van der Waals surface area contributed by atoms with Gasteiger partial charge in [-0.1, -0.05) is 6.92 Å². The minimum atomic E-state index is 0.0702. The molecule has 0 aromatic carbocycles. The second kappa shape index (κ2) is 7.70. The van der Waals surface area contributed by atoms with E-state index < -0.39 is 0 Å². The van der Waals surface area contributed by atoms with Gasteiger partial charge < -0.3 is 20.3 Å². The molecule has 2 aliphatic heterocycles. The third-order valence-corrected chi connectivity index (χ3v) is 4.09. The largest absolute Gasteiger partial charge is 0.376 e. The average Bonchev–Trinajstić information content (AvgIpc) is 2.45. The molecule has 2 rings (SSSR count). The van der Waals surface area contributed by atoms with Crippen molar-refractivity contribution < 1.29 is 9.53 Å². The van der Waals surface area contributed by atoms with Crippen LogP contribution in [-0.2, 0) is 4.74 Å². The first kappa shape index (κ1) is 14.6. The number of urea groups is 1. The van der Waals surface area contributed by atoms with Crippen molar-refractivity contribution in [2.24, 2.45) is 5.92 Å². The molecule has 2 saturated heterocycles. The summed E-state index contributed by atoms with van der Waals surface area (Å²) < 4.78 is 5.76. The highest BCUT2D eigenvalue weighted by Crippen LogP contribution is 2.15. The summed E-state index contributed by atoms with van der Waals surface area (Å²) in [5.41, 5.74) is 0. The number of carbonyl (C=O) groups excluding carboxylic acids is 1. The molecule has 2 aliphatic rings. The van der Waals surface area contributed by atoms with Crippen molar-refractivity contribution in [2.45, 2.75) is 38.7 Å². The monoisotopic (exact) mass is 269 g/mol. The summed E-state index contributed by atoms with van der Waals surface area (Å²) in [5, 5.41) is 6.27. The Labute approximate surface area is 116 Å². The normalized spacial score (nSPS) is 22.5. The lowest BCUT2D eigenvalue weighted by Crippen LogP contribution is -2.45. The summed E-state index contributed by atoms with van der Waals surface area (Å²) in [6.45, 7) is 7.37. The van der Waals surface area contributed by atoms with Crippen molar-refractivity contribution in [3.05, 3.63) is 0 Å². The van der Waals surface area contributed by atoms with Crippen LogP contribution in [0.1, 0.15) is 32.6 Å². The first-order valence-electron chi connectivity index (χ1n) is 7.61. The zero-order valence-corrected chi connectivity index (χ0v) is 12.0. The standard InChI is InChI=1S/C14H27N3O2/c1-12-4-9-17(10-5-12)14(18)16-8-11-19-13-2-6-15-7-3-13/h12-13,15H,2-11H2,1H3,(H,16,18). The van der Waals surface area contributed by atoms with Gasteiger partial charge in [-0.05, 0) is 44.7 Å². The summed E-state index contributed by atoms with van der Waals surface area (Å²) in [7, 11) is 0. The van der Waals surface area contributed by atoms with Gasteiger partial charge in [-0.3, -0.25) is 0 Å². The van der Waals surface area contributed by atoms with Crippen molar-refractivity contribution in [1.29, 1.82) is 0 Å². The van der Waals surface area contributed by atoms with Gasteiger partial charge in [0.25, 0.3) is 0 Å². The molecule has 0 bridgehead atoms. The smallest absolute Gasteiger partial charge is 0.317 e. The van der Waals surface area contributed by atoms with Crippen LogP contribution in [0.2, 0.25) is 0 Å². The van der Waals surface area contributed by atoms with Crippen LogP contribution in [-0.4, -0.2) is 56.4 Å². The fraction of sp³-hybridized carbons (Fsp3) is 0.929. The highest BCUT2D eigenvalue weighted by Gasteiger charge is 2.19. The first-order chi connectivity index (χ1) is 9.25. The maximum absolute atomic E-state index is 11.9. The third kappa shape index (κ3) is 4.99. The lowest BCUT2D eigenvalue weighted by atomic mass is 10.00. The molecular weight excluding hydrogens is 242 g/mol. The van der Waals surface area contributed by atoms with Crippen LogP contribution in [0.25, 0.3) is 0 Å². The van der Waals surface area contributed by atoms with Gasteiger partial charge in [0.1, 0.15) is 0 Å². The predicted octanol–water partition coefficient (Wildman–Crippen LogP) is 1.20. The van der Waals surface area contributed by atoms with Crippen LogP contribution >= 0.6 is 0 Å². The molecule has 2 fully saturated rings. The summed E-state index contributed by atoms with van der Waals surface area (Å²) in [6, 6.07) is 0.0702. The Hall–Kier alpha value is -0.810. The van der Waals surface area contributed by atoms with Gasteiger partial charge in [-0.2, -0.15) is 0 Å². The van der Waals surface area contributed by atoms with E-state index in [0.29, 0.717) is 19.3 Å². The van der Waals surface area contributed by atoms with Gasteiger partial charge in [-0.15, -0.1) is 0 Å². The third-order valence-electron chi connectivity index (χ3n) is 4.09. The lowest BCUT2D eigenvalue weighted by molar-refractivity contribution is 0.0350. The minimum Gasteiger partial charge on any atom is -0.376 e. The maximum Gasteiger partial charge on any atom is 0.317 e. The molecule has 0 aromatic heterocycles. The molecule has 0 spiro atoms. The second-order valence-corrected chi connectivity index (χ2v) is 5.72. The molecule has 0 radical (unpaired) electrons. The molecule has 2 heterocycles. The number of amides is 2. The first-order valence-corrected chi connectivity index (χ1v) is 7.61. The Balaban J connectivity index is 1.53. The van der Waals surface area contributed by atoms with Gasteiger partial charge in [0, 0.05) is 19.6 Å². The number of nitrogens with zero attached hydrogens (tertiary/aromatic N) is 1.